The maximum absolute atomic E-state index is 6.40. The molecule has 0 bridgehead atoms. The predicted octanol–water partition coefficient (Wildman–Crippen LogP) is 5.85. The summed E-state index contributed by atoms with van der Waals surface area (Å²) in [7, 11) is 0. The molecule has 0 aliphatic rings. The summed E-state index contributed by atoms with van der Waals surface area (Å²) < 4.78 is 1.25. The van der Waals surface area contributed by atoms with Gasteiger partial charge in [0, 0.05) is 14.2 Å². The highest BCUT2D eigenvalue weighted by atomic mass is 127. The molecule has 0 aliphatic heterocycles. The van der Waals surface area contributed by atoms with Gasteiger partial charge in [-0.25, -0.2) is 0 Å². The van der Waals surface area contributed by atoms with E-state index in [4.69, 9.17) is 11.6 Å². The first-order valence-electron chi connectivity index (χ1n) is 5.94. The van der Waals surface area contributed by atoms with Gasteiger partial charge in [0.15, 0.2) is 0 Å². The first-order chi connectivity index (χ1) is 8.40. The number of benzene rings is 2. The van der Waals surface area contributed by atoms with Gasteiger partial charge in [-0.3, -0.25) is 0 Å². The summed E-state index contributed by atoms with van der Waals surface area (Å²) in [6.07, 6.45) is 0. The van der Waals surface area contributed by atoms with Crippen LogP contribution < -0.4 is 0 Å². The zero-order chi connectivity index (χ0) is 13.4. The van der Waals surface area contributed by atoms with Gasteiger partial charge in [0.1, 0.15) is 0 Å². The summed E-state index contributed by atoms with van der Waals surface area (Å²) in [5.74, 6) is 0. The second-order valence-corrected chi connectivity index (χ2v) is 6.40. The quantitative estimate of drug-likeness (QED) is 0.553. The third-order valence-electron chi connectivity index (χ3n) is 3.46. The predicted molar refractivity (Wildman–Crippen MR) is 88.6 cm³/mol. The molecule has 0 saturated heterocycles. The minimum Gasteiger partial charge on any atom is -0.0837 e. The molecule has 2 aromatic carbocycles. The second kappa shape index (κ2) is 5.22. The van der Waals surface area contributed by atoms with Crippen molar-refractivity contribution >= 4 is 34.2 Å². The molecule has 0 aromatic heterocycles. The van der Waals surface area contributed by atoms with Crippen LogP contribution in [0.25, 0.3) is 11.1 Å². The third-order valence-corrected chi connectivity index (χ3v) is 4.66. The van der Waals surface area contributed by atoms with Crippen LogP contribution >= 0.6 is 34.2 Å². The molecular weight excluding hydrogens is 355 g/mol. The van der Waals surface area contributed by atoms with Gasteiger partial charge in [-0.15, -0.1) is 0 Å². The fourth-order valence-corrected chi connectivity index (χ4v) is 3.21. The van der Waals surface area contributed by atoms with Gasteiger partial charge in [0.25, 0.3) is 0 Å². The normalized spacial score (nSPS) is 10.8. The average molecular weight is 371 g/mol. The van der Waals surface area contributed by atoms with E-state index in [2.05, 4.69) is 74.6 Å². The molecule has 0 nitrogen and oxygen atoms in total. The smallest absolute Gasteiger partial charge is 0.0487 e. The summed E-state index contributed by atoms with van der Waals surface area (Å²) in [6, 6.07) is 8.69. The Labute approximate surface area is 128 Å². The van der Waals surface area contributed by atoms with E-state index in [-0.39, 0.29) is 0 Å². The number of hydrogen-bond acceptors (Lipinski definition) is 0. The third kappa shape index (κ3) is 2.57. The molecule has 2 heteroatoms. The molecular formula is C16H16ClI. The maximum atomic E-state index is 6.40. The number of rotatable bonds is 1. The van der Waals surface area contributed by atoms with Crippen LogP contribution in [-0.2, 0) is 0 Å². The van der Waals surface area contributed by atoms with Crippen molar-refractivity contribution < 1.29 is 0 Å². The summed E-state index contributed by atoms with van der Waals surface area (Å²) in [5, 5.41) is 0.833. The van der Waals surface area contributed by atoms with Crippen LogP contribution in [0.1, 0.15) is 22.3 Å². The lowest BCUT2D eigenvalue weighted by Gasteiger charge is -2.12. The molecule has 0 unspecified atom stereocenters. The molecule has 2 aromatic rings. The zero-order valence-corrected chi connectivity index (χ0v) is 14.0. The summed E-state index contributed by atoms with van der Waals surface area (Å²) in [4.78, 5) is 0. The molecule has 94 valence electrons. The van der Waals surface area contributed by atoms with Gasteiger partial charge in [-0.05, 0) is 96.3 Å². The van der Waals surface area contributed by atoms with E-state index in [1.165, 1.54) is 31.4 Å². The largest absolute Gasteiger partial charge is 0.0837 e. The fourth-order valence-electron chi connectivity index (χ4n) is 1.97. The van der Waals surface area contributed by atoms with Gasteiger partial charge in [-0.2, -0.15) is 0 Å². The highest BCUT2D eigenvalue weighted by Crippen LogP contribution is 2.34. The van der Waals surface area contributed by atoms with E-state index in [9.17, 15) is 0 Å². The minimum absolute atomic E-state index is 0.833. The second-order valence-electron chi connectivity index (χ2n) is 4.83. The van der Waals surface area contributed by atoms with E-state index < -0.39 is 0 Å². The van der Waals surface area contributed by atoms with Crippen LogP contribution in [0.4, 0.5) is 0 Å². The van der Waals surface area contributed by atoms with Gasteiger partial charge in [0.05, 0.1) is 0 Å². The molecule has 0 heterocycles. The van der Waals surface area contributed by atoms with E-state index in [0.717, 1.165) is 10.6 Å². The average Bonchev–Trinajstić information content (AvgIpc) is 2.29. The van der Waals surface area contributed by atoms with Crippen LogP contribution in [0.2, 0.25) is 5.02 Å². The molecule has 2 rings (SSSR count). The van der Waals surface area contributed by atoms with Crippen molar-refractivity contribution in [3.63, 3.8) is 0 Å². The van der Waals surface area contributed by atoms with Crippen molar-refractivity contribution in [1.29, 1.82) is 0 Å². The molecule has 0 amide bonds. The van der Waals surface area contributed by atoms with E-state index >= 15 is 0 Å². The Morgan fingerprint density at radius 1 is 0.722 bits per heavy atom. The Morgan fingerprint density at radius 3 is 1.78 bits per heavy atom. The molecule has 0 aliphatic carbocycles. The monoisotopic (exact) mass is 370 g/mol. The van der Waals surface area contributed by atoms with Crippen LogP contribution in [0.5, 0.6) is 0 Å². The molecule has 0 fully saturated rings. The van der Waals surface area contributed by atoms with Crippen LogP contribution in [0.3, 0.4) is 0 Å². The SMILES string of the molecule is Cc1cc(Cl)c(-c2cc(C)c(C)cc2I)cc1C. The summed E-state index contributed by atoms with van der Waals surface area (Å²) in [5.41, 5.74) is 7.51. The fraction of sp³-hybridized carbons (Fsp3) is 0.250. The minimum atomic E-state index is 0.833. The molecule has 0 N–H and O–H groups in total. The number of hydrogen-bond donors (Lipinski definition) is 0. The molecule has 0 atom stereocenters. The Hall–Kier alpha value is -0.540. The van der Waals surface area contributed by atoms with E-state index in [0.29, 0.717) is 0 Å². The Morgan fingerprint density at radius 2 is 1.17 bits per heavy atom. The Bertz CT molecular complexity index is 559. The highest BCUT2D eigenvalue weighted by molar-refractivity contribution is 14.1. The van der Waals surface area contributed by atoms with Crippen molar-refractivity contribution in [3.05, 3.63) is 55.1 Å². The Balaban J connectivity index is 2.69. The topological polar surface area (TPSA) is 0 Å². The molecule has 0 radical (unpaired) electrons. The van der Waals surface area contributed by atoms with Gasteiger partial charge >= 0.3 is 0 Å². The van der Waals surface area contributed by atoms with E-state index in [1.54, 1.807) is 0 Å². The maximum Gasteiger partial charge on any atom is 0.0487 e. The first-order valence-corrected chi connectivity index (χ1v) is 7.39. The molecule has 0 spiro atoms. The molecule has 0 saturated carbocycles. The van der Waals surface area contributed by atoms with Gasteiger partial charge in [-0.1, -0.05) is 17.7 Å². The number of aryl methyl sites for hydroxylation is 4. The van der Waals surface area contributed by atoms with Crippen LogP contribution in [0.15, 0.2) is 24.3 Å². The highest BCUT2D eigenvalue weighted by Gasteiger charge is 2.10. The van der Waals surface area contributed by atoms with E-state index in [1.807, 2.05) is 0 Å². The van der Waals surface area contributed by atoms with Crippen molar-refractivity contribution in [3.8, 4) is 11.1 Å². The lowest BCUT2D eigenvalue weighted by Crippen LogP contribution is -1.91. The van der Waals surface area contributed by atoms with Crippen molar-refractivity contribution in [1.82, 2.24) is 0 Å². The number of halogens is 2. The standard InChI is InChI=1S/C16H16ClI/c1-9-5-13(15(17)7-11(9)3)14-6-10(2)12(4)8-16(14)18/h5-8H,1-4H3. The molecule has 18 heavy (non-hydrogen) atoms. The van der Waals surface area contributed by atoms with Crippen molar-refractivity contribution in [2.45, 2.75) is 27.7 Å². The Kier molecular flexibility index (Phi) is 4.02. The lowest BCUT2D eigenvalue weighted by atomic mass is 9.97. The summed E-state index contributed by atoms with van der Waals surface area (Å²) in [6.45, 7) is 8.51. The van der Waals surface area contributed by atoms with Crippen molar-refractivity contribution in [2.75, 3.05) is 0 Å². The lowest BCUT2D eigenvalue weighted by molar-refractivity contribution is 1.31. The summed E-state index contributed by atoms with van der Waals surface area (Å²) >= 11 is 8.78. The van der Waals surface area contributed by atoms with Gasteiger partial charge in [0.2, 0.25) is 0 Å². The van der Waals surface area contributed by atoms with Crippen LogP contribution in [0, 0.1) is 31.3 Å². The van der Waals surface area contributed by atoms with Gasteiger partial charge < -0.3 is 0 Å². The zero-order valence-electron chi connectivity index (χ0n) is 11.1. The van der Waals surface area contributed by atoms with Crippen molar-refractivity contribution in [2.24, 2.45) is 0 Å². The first kappa shape index (κ1) is 13.9. The van der Waals surface area contributed by atoms with Crippen LogP contribution in [-0.4, -0.2) is 0 Å².